The van der Waals surface area contributed by atoms with Gasteiger partial charge in [-0.2, -0.15) is 5.10 Å². The number of piperazine rings is 1. The van der Waals surface area contributed by atoms with E-state index < -0.39 is 145 Å². The number of carbonyl (C=O) groups excluding carboxylic acids is 3. The lowest BCUT2D eigenvalue weighted by Crippen LogP contribution is -2.46. The van der Waals surface area contributed by atoms with Crippen molar-refractivity contribution >= 4 is 63.2 Å². The molecule has 7 N–H and O–H groups in total. The normalized spacial score (nSPS) is 26.3. The van der Waals surface area contributed by atoms with E-state index in [-0.39, 0.29) is 71.3 Å². The Hall–Kier alpha value is -8.48. The first-order chi connectivity index (χ1) is 38.2. The fourth-order valence-corrected chi connectivity index (χ4v) is 10.5. The summed E-state index contributed by atoms with van der Waals surface area (Å²) in [4.78, 5) is 72.4. The number of carbonyl (C=O) groups is 4. The van der Waals surface area contributed by atoms with Crippen LogP contribution in [0.25, 0.3) is 27.5 Å². The summed E-state index contributed by atoms with van der Waals surface area (Å²) >= 11 is 0. The average Bonchev–Trinajstić information content (AvgIpc) is 3.69. The van der Waals surface area contributed by atoms with E-state index in [0.29, 0.717) is 6.07 Å². The summed E-state index contributed by atoms with van der Waals surface area (Å²) < 4.78 is 69.7. The molecule has 21 nitrogen and oxygen atoms in total. The molecule has 0 saturated carbocycles. The third kappa shape index (κ3) is 11.0. The fraction of sp³-hybridized carbons (Fsp3) is 0.386. The number of Topliss-reactive ketones (excluding diaryl/α,β-unsaturated/α-hetero) is 1. The molecule has 0 aliphatic carbocycles. The van der Waals surface area contributed by atoms with E-state index in [0.717, 1.165) is 41.4 Å². The number of hydrogen-bond donors (Lipinski definition) is 7. The van der Waals surface area contributed by atoms with E-state index in [4.69, 9.17) is 18.9 Å². The predicted molar refractivity (Wildman–Crippen MR) is 289 cm³/mol. The number of aliphatic hydroxyl groups excluding tert-OH is 2. The molecule has 1 amide bonds. The number of nitrogens with zero attached hydrogens (tertiary/aromatic N) is 5. The van der Waals surface area contributed by atoms with Crippen LogP contribution in [-0.4, -0.2) is 139 Å². The molecule has 4 aliphatic heterocycles. The Morgan fingerprint density at radius 1 is 0.901 bits per heavy atom. The highest BCUT2D eigenvalue weighted by Crippen LogP contribution is 2.55. The molecular formula is C57H61F3N6O15. The van der Waals surface area contributed by atoms with Gasteiger partial charge < -0.3 is 59.8 Å². The number of carboxylic acids is 1. The number of rotatable bonds is 7. The third-order valence-electron chi connectivity index (χ3n) is 15.3. The topological polar surface area (TPSA) is 292 Å². The number of phenolic OH excluding ortho intramolecular Hbond substituents is 3. The second kappa shape index (κ2) is 22.9. The molecule has 9 rings (SSSR count). The van der Waals surface area contributed by atoms with Gasteiger partial charge in [-0.25, -0.2) is 22.9 Å². The SMILES string of the molecule is CO[C@H]1/C=C/O[C@@]2(C)Oc3c(C)c(O)c4c(O)c(c(/C=N/N5CCN(c6nc7c(cc6F)c(=O)c(C(=O)O)cn7-c6ccc(F)cc6F)CC5)c(O)c4c3C2=O)NC(=O)/C(C)=C\C=C\[C@H](C)[C@H](O)[C@@H](C)[C@@H](O)[C@@H](C)[C@H](OC(C)=O)[C@@H]1C. The van der Waals surface area contributed by atoms with Crippen LogP contribution < -0.4 is 20.4 Å². The molecule has 5 aromatic rings. The number of hydrazone groups is 1. The number of phenols is 3. The highest BCUT2D eigenvalue weighted by Gasteiger charge is 2.50. The number of aromatic nitrogens is 2. The Morgan fingerprint density at radius 2 is 1.59 bits per heavy atom. The first kappa shape index (κ1) is 58.7. The van der Waals surface area contributed by atoms with Gasteiger partial charge in [-0.1, -0.05) is 45.9 Å². The molecule has 81 heavy (non-hydrogen) atoms. The summed E-state index contributed by atoms with van der Waals surface area (Å²) in [6.07, 6.45) is 4.77. The van der Waals surface area contributed by atoms with Crippen molar-refractivity contribution in [1.82, 2.24) is 14.6 Å². The van der Waals surface area contributed by atoms with Crippen molar-refractivity contribution in [2.75, 3.05) is 43.5 Å². The average molecular weight is 1130 g/mol. The van der Waals surface area contributed by atoms with Gasteiger partial charge in [0.1, 0.15) is 40.6 Å². The zero-order valence-electron chi connectivity index (χ0n) is 45.5. The van der Waals surface area contributed by atoms with Gasteiger partial charge in [-0.3, -0.25) is 28.8 Å². The second-order valence-corrected chi connectivity index (χ2v) is 20.6. The minimum Gasteiger partial charge on any atom is -0.507 e. The number of ether oxygens (including phenoxy) is 4. The van der Waals surface area contributed by atoms with Gasteiger partial charge in [0, 0.05) is 86.5 Å². The monoisotopic (exact) mass is 1130 g/mol. The van der Waals surface area contributed by atoms with E-state index >= 15 is 8.78 Å². The zero-order valence-corrected chi connectivity index (χ0v) is 45.5. The largest absolute Gasteiger partial charge is 0.507 e. The summed E-state index contributed by atoms with van der Waals surface area (Å²) in [6.45, 7) is 12.0. The van der Waals surface area contributed by atoms with Gasteiger partial charge in [0.2, 0.25) is 5.43 Å². The van der Waals surface area contributed by atoms with Crippen LogP contribution in [0.15, 0.2) is 76.5 Å². The quantitative estimate of drug-likeness (QED) is 0.0385. The van der Waals surface area contributed by atoms with E-state index in [9.17, 15) is 59.0 Å². The van der Waals surface area contributed by atoms with E-state index in [1.54, 1.807) is 33.8 Å². The Morgan fingerprint density at radius 3 is 2.23 bits per heavy atom. The lowest BCUT2D eigenvalue weighted by Gasteiger charge is -2.38. The van der Waals surface area contributed by atoms with Crippen molar-refractivity contribution in [3.8, 4) is 28.7 Å². The standard InChI is InChI=1S/C57H61F3N6O15/c1-25-11-10-12-26(2)55(75)62-43-34(23-61-65-18-16-64(17-19-65)54-37(60)22-33-47(71)35(56(76)77)24-66(53(33)63-54)38-14-13-32(58)21-36(38)59)48(72)40-41(49(43)73)46(70)30(6)51-42(40)52(74)57(8,81-51)79-20-15-39(78-9)27(3)50(80-31(7)67)29(5)45(69)28(4)44(25)68/h10-15,20-25,27-29,39,44-45,50,68-70,72-73H,16-19H2,1-9H3,(H,62,75)(H,76,77)/b11-10+,20-15+,26-12-,61-23+/t25-,27+,28+,29+,39-,44-,45+,50+,57-/m0/s1. The molecule has 24 heteroatoms. The van der Waals surface area contributed by atoms with Gasteiger partial charge in [-0.05, 0) is 38.1 Å². The summed E-state index contributed by atoms with van der Waals surface area (Å²) in [5.41, 5.74) is -3.77. The maximum Gasteiger partial charge on any atom is 0.341 e. The molecule has 4 aliphatic rings. The van der Waals surface area contributed by atoms with E-state index in [1.807, 2.05) is 0 Å². The molecule has 430 valence electrons. The molecule has 3 aromatic carbocycles. The summed E-state index contributed by atoms with van der Waals surface area (Å²) in [7, 11) is 1.39. The van der Waals surface area contributed by atoms with Crippen LogP contribution in [0.3, 0.4) is 0 Å². The number of hydrogen-bond acceptors (Lipinski definition) is 18. The lowest BCUT2D eigenvalue weighted by atomic mass is 9.78. The molecule has 2 aromatic heterocycles. The molecule has 0 spiro atoms. The predicted octanol–water partition coefficient (Wildman–Crippen LogP) is 6.72. The number of fused-ring (bicyclic) bond motifs is 15. The van der Waals surface area contributed by atoms with Gasteiger partial charge in [-0.15, -0.1) is 0 Å². The number of anilines is 2. The molecule has 1 fully saturated rings. The summed E-state index contributed by atoms with van der Waals surface area (Å²) in [5, 5.41) is 76.5. The second-order valence-electron chi connectivity index (χ2n) is 20.6. The van der Waals surface area contributed by atoms with E-state index in [2.05, 4.69) is 15.4 Å². The molecule has 6 heterocycles. The molecule has 9 atom stereocenters. The summed E-state index contributed by atoms with van der Waals surface area (Å²) in [5.74, 6) is -14.8. The minimum absolute atomic E-state index is 0.00508. The maximum atomic E-state index is 16.0. The number of pyridine rings is 2. The number of ketones is 1. The van der Waals surface area contributed by atoms with Gasteiger partial charge in [0.15, 0.2) is 23.0 Å². The van der Waals surface area contributed by atoms with Crippen LogP contribution in [0.5, 0.6) is 23.0 Å². The number of esters is 1. The number of nitrogens with one attached hydrogen (secondary N) is 1. The molecular weight excluding hydrogens is 1070 g/mol. The fourth-order valence-electron chi connectivity index (χ4n) is 10.5. The van der Waals surface area contributed by atoms with Crippen molar-refractivity contribution in [2.45, 2.75) is 85.6 Å². The number of halogens is 3. The Bertz CT molecular complexity index is 3580. The Balaban J connectivity index is 1.19. The first-order valence-electron chi connectivity index (χ1n) is 25.8. The van der Waals surface area contributed by atoms with Crippen molar-refractivity contribution in [1.29, 1.82) is 0 Å². The summed E-state index contributed by atoms with van der Waals surface area (Å²) in [6, 6.07) is 3.24. The number of methoxy groups -OCH3 is 1. The number of aliphatic hydroxyl groups is 2. The number of aromatic hydroxyl groups is 3. The molecule has 5 bridgehead atoms. The zero-order chi connectivity index (χ0) is 59.3. The van der Waals surface area contributed by atoms with Crippen molar-refractivity contribution < 1.29 is 81.9 Å². The third-order valence-corrected chi connectivity index (χ3v) is 15.3. The van der Waals surface area contributed by atoms with Crippen LogP contribution >= 0.6 is 0 Å². The van der Waals surface area contributed by atoms with Crippen LogP contribution in [0.2, 0.25) is 0 Å². The van der Waals surface area contributed by atoms with Gasteiger partial charge in [0.25, 0.3) is 11.7 Å². The number of benzene rings is 3. The number of allylic oxidation sites excluding steroid dienone is 2. The van der Waals surface area contributed by atoms with Crippen LogP contribution in [0, 0.1) is 48.0 Å². The van der Waals surface area contributed by atoms with Crippen LogP contribution in [0.1, 0.15) is 80.3 Å². The number of aromatic carboxylic acids is 1. The van der Waals surface area contributed by atoms with Gasteiger partial charge in [0.05, 0.1) is 77.2 Å². The van der Waals surface area contributed by atoms with Crippen molar-refractivity contribution in [3.63, 3.8) is 0 Å². The highest BCUT2D eigenvalue weighted by molar-refractivity contribution is 6.24. The smallest absolute Gasteiger partial charge is 0.341 e. The molecule has 0 unspecified atom stereocenters. The van der Waals surface area contributed by atoms with Crippen LogP contribution in [0.4, 0.5) is 24.7 Å². The van der Waals surface area contributed by atoms with Gasteiger partial charge >= 0.3 is 17.7 Å². The maximum absolute atomic E-state index is 16.0. The number of carboxylic acid groups (broad SMARTS) is 1. The highest BCUT2D eigenvalue weighted by atomic mass is 19.1. The first-order valence-corrected chi connectivity index (χ1v) is 25.8. The van der Waals surface area contributed by atoms with Crippen molar-refractivity contribution in [3.05, 3.63) is 117 Å². The Kier molecular flexibility index (Phi) is 16.6. The molecule has 1 saturated heterocycles. The van der Waals surface area contributed by atoms with Crippen molar-refractivity contribution in [2.24, 2.45) is 28.8 Å². The lowest BCUT2D eigenvalue weighted by molar-refractivity contribution is -0.160. The number of amides is 1. The van der Waals surface area contributed by atoms with Crippen LogP contribution in [-0.2, 0) is 23.8 Å². The Labute approximate surface area is 461 Å². The van der Waals surface area contributed by atoms with E-state index in [1.165, 1.54) is 62.9 Å². The minimum atomic E-state index is -2.19. The molecule has 0 radical (unpaired) electrons.